The third kappa shape index (κ3) is 4.11. The fraction of sp³-hybridized carbons (Fsp3) is 0.357. The van der Waals surface area contributed by atoms with Crippen molar-refractivity contribution < 1.29 is 8.42 Å². The smallest absolute Gasteiger partial charge is 0.199 e. The molecule has 0 atom stereocenters. The first-order chi connectivity index (χ1) is 8.27. The molecule has 4 heteroatoms. The van der Waals surface area contributed by atoms with Crippen molar-refractivity contribution in [1.29, 1.82) is 0 Å². The minimum absolute atomic E-state index is 0.221. The number of rotatable bonds is 5. The Morgan fingerprint density at radius 3 is 2.33 bits per heavy atom. The number of hydrogen-bond acceptors (Lipinski definition) is 2. The van der Waals surface area contributed by atoms with E-state index in [0.29, 0.717) is 6.42 Å². The van der Waals surface area contributed by atoms with Crippen LogP contribution in [0, 0.1) is 12.3 Å². The predicted octanol–water partition coefficient (Wildman–Crippen LogP) is 3.36. The van der Waals surface area contributed by atoms with Gasteiger partial charge in [0.15, 0.2) is 0 Å². The van der Waals surface area contributed by atoms with Crippen molar-refractivity contribution in [3.63, 3.8) is 0 Å². The van der Waals surface area contributed by atoms with Gasteiger partial charge in [-0.05, 0) is 25.5 Å². The summed E-state index contributed by atoms with van der Waals surface area (Å²) in [5, 5.41) is 0. The maximum atomic E-state index is 12.0. The summed E-state index contributed by atoms with van der Waals surface area (Å²) in [4.78, 5) is 0.221. The maximum Gasteiger partial charge on any atom is 0.281 e. The normalized spacial score (nSPS) is 12.8. The van der Waals surface area contributed by atoms with E-state index in [1.165, 1.54) is 6.21 Å². The maximum absolute atomic E-state index is 12.0. The summed E-state index contributed by atoms with van der Waals surface area (Å²) in [6.07, 6.45) is 3.91. The van der Waals surface area contributed by atoms with Gasteiger partial charge in [-0.15, -0.1) is 6.58 Å². The van der Waals surface area contributed by atoms with E-state index in [9.17, 15) is 8.42 Å². The van der Waals surface area contributed by atoms with Crippen LogP contribution in [0.1, 0.15) is 25.8 Å². The van der Waals surface area contributed by atoms with Crippen molar-refractivity contribution >= 4 is 16.2 Å². The van der Waals surface area contributed by atoms with Gasteiger partial charge in [-0.2, -0.15) is 12.8 Å². The lowest BCUT2D eigenvalue weighted by Crippen LogP contribution is -2.13. The van der Waals surface area contributed by atoms with E-state index in [0.717, 1.165) is 5.56 Å². The van der Waals surface area contributed by atoms with Crippen molar-refractivity contribution in [1.82, 2.24) is 0 Å². The number of benzene rings is 1. The van der Waals surface area contributed by atoms with Crippen LogP contribution in [0.4, 0.5) is 0 Å². The van der Waals surface area contributed by atoms with Gasteiger partial charge >= 0.3 is 0 Å². The number of aryl methyl sites for hydroxylation is 1. The summed E-state index contributed by atoms with van der Waals surface area (Å²) in [7, 11) is -3.59. The Morgan fingerprint density at radius 1 is 1.28 bits per heavy atom. The monoisotopic (exact) mass is 265 g/mol. The highest BCUT2D eigenvalue weighted by atomic mass is 32.2. The first-order valence-electron chi connectivity index (χ1n) is 5.76. The fourth-order valence-electron chi connectivity index (χ4n) is 1.41. The standard InChI is InChI=1S/C14H19NO2S/c1-5-10-14(3,4)11-15-18(16,17)13-8-6-12(2)7-9-13/h5-9,11H,1,10H2,2-4H3/b15-11+. The summed E-state index contributed by atoms with van der Waals surface area (Å²) in [5.74, 6) is 0. The van der Waals surface area contributed by atoms with Crippen LogP contribution in [0.3, 0.4) is 0 Å². The summed E-state index contributed by atoms with van der Waals surface area (Å²) in [6.45, 7) is 9.40. The molecule has 0 aliphatic heterocycles. The SMILES string of the molecule is C=CCC(C)(C)/C=N/S(=O)(=O)c1ccc(C)cc1. The molecular weight excluding hydrogens is 246 g/mol. The van der Waals surface area contributed by atoms with E-state index in [-0.39, 0.29) is 10.3 Å². The van der Waals surface area contributed by atoms with Crippen molar-refractivity contribution in [3.8, 4) is 0 Å². The third-order valence-electron chi connectivity index (χ3n) is 2.53. The van der Waals surface area contributed by atoms with Crippen molar-refractivity contribution in [2.24, 2.45) is 9.81 Å². The summed E-state index contributed by atoms with van der Waals surface area (Å²) in [6, 6.07) is 6.67. The Morgan fingerprint density at radius 2 is 1.83 bits per heavy atom. The van der Waals surface area contributed by atoms with E-state index in [1.54, 1.807) is 30.3 Å². The zero-order chi connectivity index (χ0) is 13.8. The molecule has 0 aromatic heterocycles. The van der Waals surface area contributed by atoms with Gasteiger partial charge in [-0.3, -0.25) is 0 Å². The number of hydrogen-bond donors (Lipinski definition) is 0. The Bertz CT molecular complexity index is 540. The van der Waals surface area contributed by atoms with Crippen LogP contribution in [0.2, 0.25) is 0 Å². The summed E-state index contributed by atoms with van der Waals surface area (Å²) < 4.78 is 27.7. The molecule has 0 bridgehead atoms. The Kier molecular flexibility index (Phi) is 4.46. The molecule has 3 nitrogen and oxygen atoms in total. The van der Waals surface area contributed by atoms with Crippen molar-refractivity contribution in [3.05, 3.63) is 42.5 Å². The summed E-state index contributed by atoms with van der Waals surface area (Å²) >= 11 is 0. The fourth-order valence-corrected chi connectivity index (χ4v) is 2.43. The second-order valence-corrected chi connectivity index (χ2v) is 6.64. The largest absolute Gasteiger partial charge is 0.281 e. The van der Waals surface area contributed by atoms with E-state index in [4.69, 9.17) is 0 Å². The molecule has 0 radical (unpaired) electrons. The molecule has 0 saturated heterocycles. The molecule has 1 aromatic carbocycles. The molecule has 1 rings (SSSR count). The average molecular weight is 265 g/mol. The zero-order valence-corrected chi connectivity index (χ0v) is 11.9. The molecule has 0 fully saturated rings. The van der Waals surface area contributed by atoms with Gasteiger partial charge in [0.2, 0.25) is 0 Å². The molecule has 0 spiro atoms. The first-order valence-corrected chi connectivity index (χ1v) is 7.20. The molecular formula is C14H19NO2S. The van der Waals surface area contributed by atoms with Crippen LogP contribution < -0.4 is 0 Å². The molecule has 0 N–H and O–H groups in total. The van der Waals surface area contributed by atoms with Crippen LogP contribution >= 0.6 is 0 Å². The topological polar surface area (TPSA) is 46.5 Å². The lowest BCUT2D eigenvalue weighted by atomic mass is 9.91. The molecule has 0 heterocycles. The Balaban J connectivity index is 2.98. The van der Waals surface area contributed by atoms with Crippen LogP contribution in [-0.4, -0.2) is 14.6 Å². The van der Waals surface area contributed by atoms with Gasteiger partial charge in [-0.1, -0.05) is 37.6 Å². The minimum atomic E-state index is -3.59. The number of allylic oxidation sites excluding steroid dienone is 1. The lowest BCUT2D eigenvalue weighted by Gasteiger charge is -2.15. The minimum Gasteiger partial charge on any atom is -0.199 e. The quantitative estimate of drug-likeness (QED) is 0.605. The van der Waals surface area contributed by atoms with Crippen molar-refractivity contribution in [2.75, 3.05) is 0 Å². The third-order valence-corrected chi connectivity index (χ3v) is 3.78. The van der Waals surface area contributed by atoms with Crippen LogP contribution in [0.25, 0.3) is 0 Å². The van der Waals surface area contributed by atoms with Gasteiger partial charge < -0.3 is 0 Å². The van der Waals surface area contributed by atoms with Crippen LogP contribution in [0.5, 0.6) is 0 Å². The molecule has 98 valence electrons. The van der Waals surface area contributed by atoms with Crippen LogP contribution in [0.15, 0.2) is 46.2 Å². The first kappa shape index (κ1) is 14.6. The Labute approximate surface area is 109 Å². The summed E-state index contributed by atoms with van der Waals surface area (Å²) in [5.41, 5.74) is 0.712. The molecule has 0 unspecified atom stereocenters. The van der Waals surface area contributed by atoms with Crippen LogP contribution in [-0.2, 0) is 10.0 Å². The van der Waals surface area contributed by atoms with Gasteiger partial charge in [0.05, 0.1) is 4.90 Å². The van der Waals surface area contributed by atoms with Gasteiger partial charge in [-0.25, -0.2) is 0 Å². The van der Waals surface area contributed by atoms with Crippen molar-refractivity contribution in [2.45, 2.75) is 32.1 Å². The highest BCUT2D eigenvalue weighted by Crippen LogP contribution is 2.20. The van der Waals surface area contributed by atoms with E-state index >= 15 is 0 Å². The number of nitrogens with zero attached hydrogens (tertiary/aromatic N) is 1. The highest BCUT2D eigenvalue weighted by molar-refractivity contribution is 7.90. The van der Waals surface area contributed by atoms with Gasteiger partial charge in [0, 0.05) is 11.6 Å². The second kappa shape index (κ2) is 5.48. The zero-order valence-electron chi connectivity index (χ0n) is 11.1. The van der Waals surface area contributed by atoms with Gasteiger partial charge in [0.1, 0.15) is 0 Å². The lowest BCUT2D eigenvalue weighted by molar-refractivity contribution is 0.545. The average Bonchev–Trinajstić information content (AvgIpc) is 2.27. The predicted molar refractivity (Wildman–Crippen MR) is 75.5 cm³/mol. The second-order valence-electron chi connectivity index (χ2n) is 5.00. The number of sulfonamides is 1. The van der Waals surface area contributed by atoms with Gasteiger partial charge in [0.25, 0.3) is 10.0 Å². The van der Waals surface area contributed by atoms with E-state index in [1.807, 2.05) is 20.8 Å². The molecule has 0 saturated carbocycles. The molecule has 0 amide bonds. The molecule has 18 heavy (non-hydrogen) atoms. The molecule has 1 aromatic rings. The van der Waals surface area contributed by atoms with E-state index < -0.39 is 10.0 Å². The molecule has 0 aliphatic rings. The molecule has 0 aliphatic carbocycles. The van der Waals surface area contributed by atoms with E-state index in [2.05, 4.69) is 11.0 Å². The Hall–Kier alpha value is -1.42. The highest BCUT2D eigenvalue weighted by Gasteiger charge is 2.16.